The number of fused-ring (bicyclic) bond motifs is 1. The molecule has 0 bridgehead atoms. The number of rotatable bonds is 7. The van der Waals surface area contributed by atoms with Crippen molar-refractivity contribution in [2.24, 2.45) is 5.73 Å². The highest BCUT2D eigenvalue weighted by Gasteiger charge is 2.32. The van der Waals surface area contributed by atoms with Crippen molar-refractivity contribution < 1.29 is 23.1 Å². The molecular weight excluding hydrogens is 468 g/mol. The van der Waals surface area contributed by atoms with Gasteiger partial charge in [-0.2, -0.15) is 4.31 Å². The molecule has 3 aromatic carbocycles. The Hall–Kier alpha value is -3.76. The molecule has 4 N–H and O–H groups in total. The van der Waals surface area contributed by atoms with Crippen LogP contribution in [-0.2, 0) is 19.6 Å². The lowest BCUT2D eigenvalue weighted by atomic mass is 9.94. The zero-order chi connectivity index (χ0) is 25.2. The second-order valence-electron chi connectivity index (χ2n) is 8.42. The largest absolute Gasteiger partial charge is 0.481 e. The number of nitrogens with two attached hydrogens (primary N) is 1. The summed E-state index contributed by atoms with van der Waals surface area (Å²) in [6, 6.07) is 18.7. The first-order valence-electron chi connectivity index (χ1n) is 11.1. The van der Waals surface area contributed by atoms with Gasteiger partial charge in [-0.15, -0.1) is 0 Å². The average Bonchev–Trinajstić information content (AvgIpc) is 2.86. The highest BCUT2D eigenvalue weighted by molar-refractivity contribution is 7.89. The Labute approximate surface area is 203 Å². The molecule has 1 heterocycles. The van der Waals surface area contributed by atoms with Gasteiger partial charge < -0.3 is 15.7 Å². The number of amidine groups is 1. The van der Waals surface area contributed by atoms with Crippen LogP contribution < -0.4 is 5.73 Å². The SMILES string of the molecule is N=C(N)c1ccc(C(CC(=O)N2CCN(S(=O)(=O)c3ccc4ccccc4c3)CC2)C(=O)O)cc1. The minimum Gasteiger partial charge on any atom is -0.481 e. The number of piperazine rings is 1. The summed E-state index contributed by atoms with van der Waals surface area (Å²) in [4.78, 5) is 26.4. The third kappa shape index (κ3) is 5.18. The molecule has 4 rings (SSSR count). The van der Waals surface area contributed by atoms with Gasteiger partial charge >= 0.3 is 5.97 Å². The zero-order valence-electron chi connectivity index (χ0n) is 18.9. The van der Waals surface area contributed by atoms with Crippen molar-refractivity contribution in [3.63, 3.8) is 0 Å². The predicted molar refractivity (Wildman–Crippen MR) is 132 cm³/mol. The van der Waals surface area contributed by atoms with Crippen LogP contribution in [0.4, 0.5) is 0 Å². The molecule has 0 aliphatic carbocycles. The van der Waals surface area contributed by atoms with E-state index in [0.29, 0.717) is 11.1 Å². The molecule has 0 saturated carbocycles. The lowest BCUT2D eigenvalue weighted by Gasteiger charge is -2.34. The van der Waals surface area contributed by atoms with Gasteiger partial charge in [-0.05, 0) is 28.5 Å². The van der Waals surface area contributed by atoms with Gasteiger partial charge in [0.05, 0.1) is 10.8 Å². The molecule has 1 aliphatic heterocycles. The maximum Gasteiger partial charge on any atom is 0.311 e. The summed E-state index contributed by atoms with van der Waals surface area (Å²) < 4.78 is 27.7. The summed E-state index contributed by atoms with van der Waals surface area (Å²) in [6.07, 6.45) is -0.244. The van der Waals surface area contributed by atoms with Crippen molar-refractivity contribution in [2.75, 3.05) is 26.2 Å². The van der Waals surface area contributed by atoms with Crippen molar-refractivity contribution in [3.8, 4) is 0 Å². The average molecular weight is 495 g/mol. The van der Waals surface area contributed by atoms with E-state index in [0.717, 1.165) is 10.8 Å². The highest BCUT2D eigenvalue weighted by Crippen LogP contribution is 2.25. The minimum atomic E-state index is -3.72. The van der Waals surface area contributed by atoms with Crippen molar-refractivity contribution in [2.45, 2.75) is 17.2 Å². The maximum atomic E-state index is 13.2. The number of carboxylic acid groups (broad SMARTS) is 1. The van der Waals surface area contributed by atoms with Crippen LogP contribution in [0.1, 0.15) is 23.5 Å². The Morgan fingerprint density at radius 2 is 1.57 bits per heavy atom. The number of carboxylic acids is 1. The number of hydrogen-bond acceptors (Lipinski definition) is 5. The van der Waals surface area contributed by atoms with E-state index < -0.39 is 21.9 Å². The molecule has 0 spiro atoms. The fourth-order valence-corrected chi connectivity index (χ4v) is 5.66. The Kier molecular flexibility index (Phi) is 6.86. The number of hydrogen-bond donors (Lipinski definition) is 3. The first-order valence-corrected chi connectivity index (χ1v) is 12.5. The Balaban J connectivity index is 1.41. The van der Waals surface area contributed by atoms with Crippen molar-refractivity contribution in [3.05, 3.63) is 77.9 Å². The molecule has 0 aromatic heterocycles. The summed E-state index contributed by atoms with van der Waals surface area (Å²) in [5.74, 6) is -2.67. The Morgan fingerprint density at radius 3 is 2.17 bits per heavy atom. The van der Waals surface area contributed by atoms with E-state index in [-0.39, 0.29) is 49.2 Å². The molecule has 0 radical (unpaired) electrons. The Bertz CT molecular complexity index is 1380. The van der Waals surface area contributed by atoms with E-state index in [4.69, 9.17) is 11.1 Å². The predicted octanol–water partition coefficient (Wildman–Crippen LogP) is 2.22. The molecule has 1 fully saturated rings. The normalized spacial score (nSPS) is 15.6. The van der Waals surface area contributed by atoms with Gasteiger partial charge in [-0.3, -0.25) is 15.0 Å². The van der Waals surface area contributed by atoms with Crippen molar-refractivity contribution in [1.29, 1.82) is 5.41 Å². The summed E-state index contributed by atoms with van der Waals surface area (Å²) in [5.41, 5.74) is 6.34. The zero-order valence-corrected chi connectivity index (χ0v) is 19.7. The molecule has 1 atom stereocenters. The van der Waals surface area contributed by atoms with Gasteiger partial charge in [0.1, 0.15) is 5.84 Å². The number of amides is 1. The lowest BCUT2D eigenvalue weighted by molar-refractivity contribution is -0.143. The summed E-state index contributed by atoms with van der Waals surface area (Å²) in [6.45, 7) is 0.625. The van der Waals surface area contributed by atoms with E-state index in [2.05, 4.69) is 0 Å². The van der Waals surface area contributed by atoms with E-state index in [9.17, 15) is 23.1 Å². The lowest BCUT2D eigenvalue weighted by Crippen LogP contribution is -2.50. The number of sulfonamides is 1. The number of nitrogens with one attached hydrogen (secondary N) is 1. The first-order chi connectivity index (χ1) is 16.7. The second kappa shape index (κ2) is 9.85. The quantitative estimate of drug-likeness (QED) is 0.339. The number of nitrogens with zero attached hydrogens (tertiary/aromatic N) is 2. The number of aliphatic carboxylic acids is 1. The summed E-state index contributed by atoms with van der Waals surface area (Å²) in [7, 11) is -3.72. The molecule has 182 valence electrons. The fourth-order valence-electron chi connectivity index (χ4n) is 4.20. The number of benzene rings is 3. The van der Waals surface area contributed by atoms with Crippen LogP contribution in [0.2, 0.25) is 0 Å². The fraction of sp³-hybridized carbons (Fsp3) is 0.240. The number of carbonyl (C=O) groups excluding carboxylic acids is 1. The highest BCUT2D eigenvalue weighted by atomic mass is 32.2. The number of carbonyl (C=O) groups is 2. The third-order valence-electron chi connectivity index (χ3n) is 6.25. The minimum absolute atomic E-state index is 0.129. The van der Waals surface area contributed by atoms with Crippen LogP contribution in [0.15, 0.2) is 71.6 Å². The summed E-state index contributed by atoms with van der Waals surface area (Å²) in [5, 5.41) is 18.9. The second-order valence-corrected chi connectivity index (χ2v) is 10.4. The maximum absolute atomic E-state index is 13.2. The first kappa shape index (κ1) is 24.4. The van der Waals surface area contributed by atoms with E-state index in [1.165, 1.54) is 9.21 Å². The summed E-state index contributed by atoms with van der Waals surface area (Å²) >= 11 is 0. The molecule has 10 heteroatoms. The molecule has 3 aromatic rings. The van der Waals surface area contributed by atoms with Gasteiger partial charge in [0.15, 0.2) is 0 Å². The van der Waals surface area contributed by atoms with Gasteiger partial charge in [-0.1, -0.05) is 54.6 Å². The van der Waals surface area contributed by atoms with Gasteiger partial charge in [0.2, 0.25) is 15.9 Å². The van der Waals surface area contributed by atoms with Gasteiger partial charge in [-0.25, -0.2) is 8.42 Å². The smallest absolute Gasteiger partial charge is 0.311 e. The van der Waals surface area contributed by atoms with E-state index >= 15 is 0 Å². The van der Waals surface area contributed by atoms with Crippen LogP contribution >= 0.6 is 0 Å². The van der Waals surface area contributed by atoms with Crippen LogP contribution in [0, 0.1) is 5.41 Å². The van der Waals surface area contributed by atoms with Crippen LogP contribution in [0.25, 0.3) is 10.8 Å². The third-order valence-corrected chi connectivity index (χ3v) is 8.15. The molecule has 1 saturated heterocycles. The Morgan fingerprint density at radius 1 is 0.943 bits per heavy atom. The molecule has 1 aliphatic rings. The molecular formula is C25H26N4O5S. The standard InChI is InChI=1S/C25H26N4O5S/c26-24(27)19-7-5-18(6-8-19)22(25(31)32)16-23(30)28-11-13-29(14-12-28)35(33,34)21-10-9-17-3-1-2-4-20(17)15-21/h1-10,15,22H,11-14,16H2,(H3,26,27)(H,31,32). The monoisotopic (exact) mass is 494 g/mol. The van der Waals surface area contributed by atoms with Crippen LogP contribution in [0.5, 0.6) is 0 Å². The van der Waals surface area contributed by atoms with E-state index in [1.54, 1.807) is 42.5 Å². The molecule has 9 nitrogen and oxygen atoms in total. The van der Waals surface area contributed by atoms with Gasteiger partial charge in [0, 0.05) is 38.2 Å². The van der Waals surface area contributed by atoms with Crippen LogP contribution in [-0.4, -0.2) is 66.6 Å². The van der Waals surface area contributed by atoms with Crippen molar-refractivity contribution >= 4 is 38.5 Å². The number of nitrogen functional groups attached to an aromatic ring is 1. The van der Waals surface area contributed by atoms with Crippen LogP contribution in [0.3, 0.4) is 0 Å². The molecule has 1 amide bonds. The molecule has 35 heavy (non-hydrogen) atoms. The van der Waals surface area contributed by atoms with E-state index in [1.807, 2.05) is 24.3 Å². The topological polar surface area (TPSA) is 145 Å². The molecule has 1 unspecified atom stereocenters. The van der Waals surface area contributed by atoms with Crippen molar-refractivity contribution in [1.82, 2.24) is 9.21 Å². The van der Waals surface area contributed by atoms with Gasteiger partial charge in [0.25, 0.3) is 0 Å².